The molecule has 0 bridgehead atoms. The molecule has 17 heavy (non-hydrogen) atoms. The van der Waals surface area contributed by atoms with Crippen LogP contribution in [0, 0.1) is 5.92 Å². The van der Waals surface area contributed by atoms with Crippen LogP contribution in [-0.2, 0) is 4.74 Å². The highest BCUT2D eigenvalue weighted by Crippen LogP contribution is 2.19. The van der Waals surface area contributed by atoms with Gasteiger partial charge in [-0.25, -0.2) is 4.79 Å². The van der Waals surface area contributed by atoms with Gasteiger partial charge < -0.3 is 20.3 Å². The summed E-state index contributed by atoms with van der Waals surface area (Å²) in [6.45, 7) is 7.80. The molecule has 0 aromatic rings. The smallest absolute Gasteiger partial charge is 0.410 e. The van der Waals surface area contributed by atoms with Gasteiger partial charge in [-0.05, 0) is 34.9 Å². The van der Waals surface area contributed by atoms with Crippen LogP contribution in [0.3, 0.4) is 0 Å². The number of likely N-dealkylation sites (tertiary alicyclic amines) is 1. The van der Waals surface area contributed by atoms with E-state index >= 15 is 0 Å². The molecule has 0 spiro atoms. The third-order valence-corrected chi connectivity index (χ3v) is 2.74. The monoisotopic (exact) mass is 243 g/mol. The first-order chi connectivity index (χ1) is 7.69. The lowest BCUT2D eigenvalue weighted by Gasteiger charge is -2.24. The molecule has 1 aliphatic heterocycles. The van der Waals surface area contributed by atoms with E-state index in [9.17, 15) is 4.79 Å². The Morgan fingerprint density at radius 3 is 2.47 bits per heavy atom. The zero-order valence-electron chi connectivity index (χ0n) is 11.6. The first-order valence-corrected chi connectivity index (χ1v) is 6.07. The third kappa shape index (κ3) is 4.52. The van der Waals surface area contributed by atoms with Crippen LogP contribution < -0.4 is 5.73 Å². The summed E-state index contributed by atoms with van der Waals surface area (Å²) in [5, 5.41) is 0. The van der Waals surface area contributed by atoms with E-state index in [1.807, 2.05) is 34.9 Å². The molecule has 1 amide bonds. The summed E-state index contributed by atoms with van der Waals surface area (Å²) in [4.78, 5) is 15.7. The highest BCUT2D eigenvalue weighted by atomic mass is 16.6. The summed E-state index contributed by atoms with van der Waals surface area (Å²) >= 11 is 0. The quantitative estimate of drug-likeness (QED) is 0.777. The SMILES string of the molecule is CN(C)C[C@@H]1CN(C(=O)OC(C)(C)C)C[C@@H]1N. The number of carbonyl (C=O) groups excluding carboxylic acids is 1. The summed E-state index contributed by atoms with van der Waals surface area (Å²) < 4.78 is 5.34. The van der Waals surface area contributed by atoms with Gasteiger partial charge in [0.25, 0.3) is 0 Å². The number of ether oxygens (including phenoxy) is 1. The third-order valence-electron chi connectivity index (χ3n) is 2.74. The van der Waals surface area contributed by atoms with E-state index < -0.39 is 5.60 Å². The average molecular weight is 243 g/mol. The molecule has 0 aromatic heterocycles. The second-order valence-corrected chi connectivity index (χ2v) is 6.07. The van der Waals surface area contributed by atoms with Gasteiger partial charge in [0.1, 0.15) is 5.60 Å². The number of hydrogen-bond donors (Lipinski definition) is 1. The molecule has 1 heterocycles. The van der Waals surface area contributed by atoms with Crippen molar-refractivity contribution in [3.63, 3.8) is 0 Å². The summed E-state index contributed by atoms with van der Waals surface area (Å²) in [7, 11) is 4.03. The van der Waals surface area contributed by atoms with Gasteiger partial charge in [-0.3, -0.25) is 0 Å². The molecule has 5 nitrogen and oxygen atoms in total. The molecule has 0 unspecified atom stereocenters. The Bertz CT molecular complexity index is 273. The molecule has 2 N–H and O–H groups in total. The summed E-state index contributed by atoms with van der Waals surface area (Å²) in [5.74, 6) is 0.331. The molecule has 2 atom stereocenters. The van der Waals surface area contributed by atoms with Crippen LogP contribution in [-0.4, -0.2) is 61.3 Å². The predicted molar refractivity (Wildman–Crippen MR) is 67.8 cm³/mol. The number of nitrogens with two attached hydrogens (primary N) is 1. The number of carbonyl (C=O) groups is 1. The summed E-state index contributed by atoms with van der Waals surface area (Å²) in [5.41, 5.74) is 5.60. The van der Waals surface area contributed by atoms with E-state index in [1.165, 1.54) is 0 Å². The van der Waals surface area contributed by atoms with E-state index in [1.54, 1.807) is 4.90 Å². The first kappa shape index (κ1) is 14.3. The molecule has 0 aromatic carbocycles. The van der Waals surface area contributed by atoms with Crippen molar-refractivity contribution >= 4 is 6.09 Å². The van der Waals surface area contributed by atoms with Gasteiger partial charge in [-0.2, -0.15) is 0 Å². The predicted octanol–water partition coefficient (Wildman–Crippen LogP) is 0.742. The first-order valence-electron chi connectivity index (χ1n) is 6.07. The summed E-state index contributed by atoms with van der Waals surface area (Å²) in [6, 6.07) is 0.0462. The standard InChI is InChI=1S/C12H25N3O2/c1-12(2,3)17-11(16)15-7-9(6-14(4)5)10(13)8-15/h9-10H,6-8,13H2,1-5H3/t9-,10+/m1/s1. The Hall–Kier alpha value is -0.810. The molecule has 1 aliphatic rings. The van der Waals surface area contributed by atoms with Crippen LogP contribution >= 0.6 is 0 Å². The Labute approximate surface area is 104 Å². The van der Waals surface area contributed by atoms with Crippen molar-refractivity contribution in [2.75, 3.05) is 33.7 Å². The molecule has 1 saturated heterocycles. The average Bonchev–Trinajstić information content (AvgIpc) is 2.44. The highest BCUT2D eigenvalue weighted by Gasteiger charge is 2.35. The van der Waals surface area contributed by atoms with Crippen molar-refractivity contribution in [1.29, 1.82) is 0 Å². The van der Waals surface area contributed by atoms with Crippen molar-refractivity contribution < 1.29 is 9.53 Å². The second-order valence-electron chi connectivity index (χ2n) is 6.07. The lowest BCUT2D eigenvalue weighted by Crippen LogP contribution is -2.36. The van der Waals surface area contributed by atoms with Crippen molar-refractivity contribution in [2.24, 2.45) is 11.7 Å². The molecule has 100 valence electrons. The number of rotatable bonds is 2. The molecule has 0 aliphatic carbocycles. The van der Waals surface area contributed by atoms with Gasteiger partial charge in [0.15, 0.2) is 0 Å². The van der Waals surface area contributed by atoms with Crippen LogP contribution in [0.1, 0.15) is 20.8 Å². The Morgan fingerprint density at radius 2 is 2.00 bits per heavy atom. The molecular weight excluding hydrogens is 218 g/mol. The topological polar surface area (TPSA) is 58.8 Å². The van der Waals surface area contributed by atoms with Crippen molar-refractivity contribution in [2.45, 2.75) is 32.4 Å². The molecule has 1 rings (SSSR count). The maximum atomic E-state index is 11.9. The maximum Gasteiger partial charge on any atom is 0.410 e. The van der Waals surface area contributed by atoms with E-state index in [-0.39, 0.29) is 12.1 Å². The number of hydrogen-bond acceptors (Lipinski definition) is 4. The number of nitrogens with zero attached hydrogens (tertiary/aromatic N) is 2. The van der Waals surface area contributed by atoms with E-state index in [2.05, 4.69) is 4.90 Å². The summed E-state index contributed by atoms with van der Waals surface area (Å²) in [6.07, 6.45) is -0.255. The van der Waals surface area contributed by atoms with Gasteiger partial charge in [0.05, 0.1) is 0 Å². The van der Waals surface area contributed by atoms with Crippen LogP contribution in [0.25, 0.3) is 0 Å². The molecular formula is C12H25N3O2. The van der Waals surface area contributed by atoms with Crippen LogP contribution in [0.5, 0.6) is 0 Å². The minimum absolute atomic E-state index is 0.0462. The van der Waals surface area contributed by atoms with Crippen LogP contribution in [0.15, 0.2) is 0 Å². The second kappa shape index (κ2) is 5.23. The number of amides is 1. The van der Waals surface area contributed by atoms with Gasteiger partial charge in [-0.1, -0.05) is 0 Å². The van der Waals surface area contributed by atoms with Gasteiger partial charge in [0, 0.05) is 31.6 Å². The zero-order chi connectivity index (χ0) is 13.2. The largest absolute Gasteiger partial charge is 0.444 e. The minimum Gasteiger partial charge on any atom is -0.444 e. The maximum absolute atomic E-state index is 11.9. The van der Waals surface area contributed by atoms with E-state index in [4.69, 9.17) is 10.5 Å². The molecule has 0 saturated carbocycles. The Kier molecular flexibility index (Phi) is 4.38. The van der Waals surface area contributed by atoms with Crippen molar-refractivity contribution in [1.82, 2.24) is 9.80 Å². The zero-order valence-corrected chi connectivity index (χ0v) is 11.6. The van der Waals surface area contributed by atoms with Crippen LogP contribution in [0.2, 0.25) is 0 Å². The fraction of sp³-hybridized carbons (Fsp3) is 0.917. The highest BCUT2D eigenvalue weighted by molar-refractivity contribution is 5.68. The Morgan fingerprint density at radius 1 is 1.41 bits per heavy atom. The lowest BCUT2D eigenvalue weighted by atomic mass is 10.0. The fourth-order valence-corrected chi connectivity index (χ4v) is 2.03. The van der Waals surface area contributed by atoms with E-state index in [0.717, 1.165) is 6.54 Å². The minimum atomic E-state index is -0.444. The van der Waals surface area contributed by atoms with Crippen molar-refractivity contribution in [3.05, 3.63) is 0 Å². The molecule has 5 heteroatoms. The Balaban J connectivity index is 2.51. The van der Waals surface area contributed by atoms with E-state index in [0.29, 0.717) is 19.0 Å². The van der Waals surface area contributed by atoms with Crippen LogP contribution in [0.4, 0.5) is 4.79 Å². The normalized spacial score (nSPS) is 25.5. The van der Waals surface area contributed by atoms with Gasteiger partial charge in [0.2, 0.25) is 0 Å². The van der Waals surface area contributed by atoms with Gasteiger partial charge >= 0.3 is 6.09 Å². The molecule has 0 radical (unpaired) electrons. The van der Waals surface area contributed by atoms with Gasteiger partial charge in [-0.15, -0.1) is 0 Å². The fourth-order valence-electron chi connectivity index (χ4n) is 2.03. The van der Waals surface area contributed by atoms with Crippen molar-refractivity contribution in [3.8, 4) is 0 Å². The lowest BCUT2D eigenvalue weighted by molar-refractivity contribution is 0.0285. The molecule has 1 fully saturated rings.